The molecule has 0 heterocycles. The van der Waals surface area contributed by atoms with Crippen molar-refractivity contribution < 1.29 is 0 Å². The molecule has 0 nitrogen and oxygen atoms in total. The van der Waals surface area contributed by atoms with Gasteiger partial charge in [-0.3, -0.25) is 0 Å². The molecule has 0 aromatic rings. The van der Waals surface area contributed by atoms with Crippen LogP contribution in [0, 0.1) is 0 Å². The zero-order valence-corrected chi connectivity index (χ0v) is 6.08. The second-order valence-corrected chi connectivity index (χ2v) is 2.97. The Balaban J connectivity index is 2.34. The molecule has 0 saturated carbocycles. The largest absolute Gasteiger partial charge is 0.141 e. The van der Waals surface area contributed by atoms with Crippen LogP contribution in [-0.2, 0) is 0 Å². The second-order valence-electron chi connectivity index (χ2n) is 1.22. The molecule has 0 rings (SSSR count). The van der Waals surface area contributed by atoms with Gasteiger partial charge in [0.15, 0.2) is 0 Å². The molecular formula is C4H11PS. The first-order valence-corrected chi connectivity index (χ1v) is 4.69. The van der Waals surface area contributed by atoms with E-state index in [4.69, 9.17) is 0 Å². The van der Waals surface area contributed by atoms with Crippen molar-refractivity contribution in [1.29, 1.82) is 0 Å². The summed E-state index contributed by atoms with van der Waals surface area (Å²) in [7, 11) is 2.65. The highest BCUT2D eigenvalue weighted by Crippen LogP contribution is 2.11. The van der Waals surface area contributed by atoms with E-state index in [0.29, 0.717) is 0 Å². The van der Waals surface area contributed by atoms with Crippen LogP contribution in [0.5, 0.6) is 0 Å². The molecule has 0 aromatic heterocycles. The van der Waals surface area contributed by atoms with Gasteiger partial charge in [0.1, 0.15) is 0 Å². The molecule has 0 saturated heterocycles. The molecule has 0 fully saturated rings. The highest BCUT2D eigenvalue weighted by Gasteiger charge is 1.75. The summed E-state index contributed by atoms with van der Waals surface area (Å²) in [6, 6.07) is 0. The summed E-state index contributed by atoms with van der Waals surface area (Å²) in [5.74, 6) is 1.29. The third-order valence-corrected chi connectivity index (χ3v) is 1.85. The zero-order chi connectivity index (χ0) is 4.83. The SMILES string of the molecule is CCCCSP. The molecule has 0 N–H and O–H groups in total. The monoisotopic (exact) mass is 122 g/mol. The van der Waals surface area contributed by atoms with E-state index in [1.54, 1.807) is 0 Å². The summed E-state index contributed by atoms with van der Waals surface area (Å²) < 4.78 is 0. The molecule has 1 unspecified atom stereocenters. The quantitative estimate of drug-likeness (QED) is 0.409. The Morgan fingerprint density at radius 2 is 2.33 bits per heavy atom. The maximum absolute atomic E-state index is 2.65. The van der Waals surface area contributed by atoms with E-state index >= 15 is 0 Å². The van der Waals surface area contributed by atoms with Crippen LogP contribution in [0.15, 0.2) is 0 Å². The molecule has 0 aliphatic rings. The van der Waals surface area contributed by atoms with Crippen molar-refractivity contribution in [3.8, 4) is 0 Å². The van der Waals surface area contributed by atoms with Gasteiger partial charge in [0.25, 0.3) is 0 Å². The van der Waals surface area contributed by atoms with Crippen molar-refractivity contribution in [2.24, 2.45) is 0 Å². The predicted octanol–water partition coefficient (Wildman–Crippen LogP) is 2.31. The fourth-order valence-corrected chi connectivity index (χ4v) is 1.18. The average molecular weight is 122 g/mol. The van der Waals surface area contributed by atoms with E-state index < -0.39 is 0 Å². The van der Waals surface area contributed by atoms with Gasteiger partial charge >= 0.3 is 0 Å². The molecule has 6 heavy (non-hydrogen) atoms. The van der Waals surface area contributed by atoms with Gasteiger partial charge in [0, 0.05) is 0 Å². The van der Waals surface area contributed by atoms with Crippen LogP contribution in [0.1, 0.15) is 19.8 Å². The third-order valence-electron chi connectivity index (χ3n) is 0.616. The standard InChI is InChI=1S/C4H11PS/c1-2-3-4-6-5/h2-5H2,1H3. The Morgan fingerprint density at radius 3 is 2.50 bits per heavy atom. The lowest BCUT2D eigenvalue weighted by molar-refractivity contribution is 0.898. The Kier molecular flexibility index (Phi) is 6.53. The van der Waals surface area contributed by atoms with Gasteiger partial charge in [-0.15, -0.1) is 11.4 Å². The minimum atomic E-state index is 1.29. The van der Waals surface area contributed by atoms with E-state index in [1.807, 2.05) is 11.4 Å². The summed E-state index contributed by atoms with van der Waals surface area (Å²) in [6.07, 6.45) is 2.68. The summed E-state index contributed by atoms with van der Waals surface area (Å²) in [4.78, 5) is 0. The molecule has 0 radical (unpaired) electrons. The average Bonchev–Trinajstić information content (AvgIpc) is 1.61. The normalized spacial score (nSPS) is 9.00. The second kappa shape index (κ2) is 5.78. The molecule has 0 aromatic carbocycles. The van der Waals surface area contributed by atoms with Crippen LogP contribution in [0.3, 0.4) is 0 Å². The summed E-state index contributed by atoms with van der Waals surface area (Å²) in [5.41, 5.74) is 0. The van der Waals surface area contributed by atoms with Crippen molar-refractivity contribution >= 4 is 19.8 Å². The number of rotatable bonds is 3. The molecular weight excluding hydrogens is 111 g/mol. The third kappa shape index (κ3) is 4.78. The van der Waals surface area contributed by atoms with Crippen LogP contribution < -0.4 is 0 Å². The minimum absolute atomic E-state index is 1.29. The summed E-state index contributed by atoms with van der Waals surface area (Å²) in [5, 5.41) is 0. The van der Waals surface area contributed by atoms with Crippen molar-refractivity contribution in [3.63, 3.8) is 0 Å². The lowest BCUT2D eigenvalue weighted by Crippen LogP contribution is -1.68. The molecule has 0 spiro atoms. The fourth-order valence-electron chi connectivity index (χ4n) is 0.228. The van der Waals surface area contributed by atoms with Gasteiger partial charge in [-0.1, -0.05) is 21.8 Å². The lowest BCUT2D eigenvalue weighted by Gasteiger charge is -1.86. The van der Waals surface area contributed by atoms with E-state index in [1.165, 1.54) is 18.6 Å². The first kappa shape index (κ1) is 6.78. The zero-order valence-electron chi connectivity index (χ0n) is 4.11. The Labute approximate surface area is 46.0 Å². The highest BCUT2D eigenvalue weighted by molar-refractivity contribution is 8.43. The van der Waals surface area contributed by atoms with Crippen LogP contribution in [0.25, 0.3) is 0 Å². The topological polar surface area (TPSA) is 0 Å². The van der Waals surface area contributed by atoms with Crippen molar-refractivity contribution in [2.45, 2.75) is 19.8 Å². The van der Waals surface area contributed by atoms with Gasteiger partial charge in [-0.2, -0.15) is 0 Å². The molecule has 0 aliphatic carbocycles. The predicted molar refractivity (Wildman–Crippen MR) is 37.1 cm³/mol. The molecule has 0 bridgehead atoms. The van der Waals surface area contributed by atoms with E-state index in [9.17, 15) is 0 Å². The first-order chi connectivity index (χ1) is 2.91. The maximum atomic E-state index is 2.65. The molecule has 0 aliphatic heterocycles. The Morgan fingerprint density at radius 1 is 1.67 bits per heavy atom. The van der Waals surface area contributed by atoms with Crippen LogP contribution in [0.2, 0.25) is 0 Å². The van der Waals surface area contributed by atoms with Gasteiger partial charge in [-0.25, -0.2) is 0 Å². The first-order valence-electron chi connectivity index (χ1n) is 2.23. The Bertz CT molecular complexity index is 19.5. The summed E-state index contributed by atoms with van der Waals surface area (Å²) >= 11 is 1.84. The molecule has 0 amide bonds. The van der Waals surface area contributed by atoms with Crippen molar-refractivity contribution in [3.05, 3.63) is 0 Å². The smallest absolute Gasteiger partial charge is 0.00311 e. The summed E-state index contributed by atoms with van der Waals surface area (Å²) in [6.45, 7) is 2.21. The van der Waals surface area contributed by atoms with E-state index in [-0.39, 0.29) is 0 Å². The van der Waals surface area contributed by atoms with Gasteiger partial charge < -0.3 is 0 Å². The number of unbranched alkanes of at least 4 members (excludes halogenated alkanes) is 1. The molecule has 2 heteroatoms. The fraction of sp³-hybridized carbons (Fsp3) is 1.00. The van der Waals surface area contributed by atoms with Crippen LogP contribution >= 0.6 is 19.8 Å². The number of hydrogen-bond acceptors (Lipinski definition) is 1. The van der Waals surface area contributed by atoms with Crippen LogP contribution in [0.4, 0.5) is 0 Å². The van der Waals surface area contributed by atoms with Crippen molar-refractivity contribution in [2.75, 3.05) is 5.75 Å². The lowest BCUT2D eigenvalue weighted by atomic mass is 10.4. The highest BCUT2D eigenvalue weighted by atomic mass is 32.7. The minimum Gasteiger partial charge on any atom is -0.141 e. The van der Waals surface area contributed by atoms with Gasteiger partial charge in [0.2, 0.25) is 0 Å². The maximum Gasteiger partial charge on any atom is -0.00311 e. The molecule has 1 atom stereocenters. The van der Waals surface area contributed by atoms with Gasteiger partial charge in [-0.05, 0) is 12.2 Å². The van der Waals surface area contributed by atoms with Crippen LogP contribution in [-0.4, -0.2) is 5.75 Å². The van der Waals surface area contributed by atoms with Crippen molar-refractivity contribution in [1.82, 2.24) is 0 Å². The van der Waals surface area contributed by atoms with E-state index in [0.717, 1.165) is 0 Å². The van der Waals surface area contributed by atoms with E-state index in [2.05, 4.69) is 15.4 Å². The Hall–Kier alpha value is 0.780. The van der Waals surface area contributed by atoms with Gasteiger partial charge in [0.05, 0.1) is 0 Å². The number of hydrogen-bond donors (Lipinski definition) is 0. The molecule has 38 valence electrons.